The van der Waals surface area contributed by atoms with Crippen LogP contribution in [0.1, 0.15) is 86.8 Å². The third-order valence-electron chi connectivity index (χ3n) is 8.27. The van der Waals surface area contributed by atoms with Crippen LogP contribution in [-0.4, -0.2) is 41.2 Å². The molecule has 1 aliphatic heterocycles. The van der Waals surface area contributed by atoms with E-state index in [0.717, 1.165) is 55.5 Å². The van der Waals surface area contributed by atoms with Crippen molar-refractivity contribution in [2.75, 3.05) is 13.1 Å². The van der Waals surface area contributed by atoms with Gasteiger partial charge < -0.3 is 16.0 Å². The number of carbonyl (C=O) groups is 3. The molecule has 1 aliphatic rings. The number of primary amides is 2. The molecular formula is C32H44N3O3+. The van der Waals surface area contributed by atoms with Crippen LogP contribution in [0.25, 0.3) is 12.2 Å². The number of nitrogens with zero attached hydrogens (tertiary/aromatic N) is 1. The highest BCUT2D eigenvalue weighted by Gasteiger charge is 2.47. The molecule has 1 fully saturated rings. The first-order valence-electron chi connectivity index (χ1n) is 13.8. The summed E-state index contributed by atoms with van der Waals surface area (Å²) in [4.78, 5) is 36.9. The van der Waals surface area contributed by atoms with Crippen molar-refractivity contribution in [1.82, 2.24) is 0 Å². The Morgan fingerprint density at radius 1 is 0.974 bits per heavy atom. The Bertz CT molecular complexity index is 1150. The van der Waals surface area contributed by atoms with Gasteiger partial charge >= 0.3 is 0 Å². The van der Waals surface area contributed by atoms with Crippen molar-refractivity contribution in [3.8, 4) is 0 Å². The number of hydrogen-bond donors (Lipinski definition) is 2. The number of benzene rings is 2. The molecule has 2 aromatic carbocycles. The van der Waals surface area contributed by atoms with Gasteiger partial charge in [0.15, 0.2) is 6.04 Å². The number of likely N-dealkylation sites (tertiary alicyclic amines) is 1. The number of amides is 2. The lowest BCUT2D eigenvalue weighted by Gasteiger charge is -2.50. The summed E-state index contributed by atoms with van der Waals surface area (Å²) >= 11 is 0. The first-order valence-corrected chi connectivity index (χ1v) is 13.8. The van der Waals surface area contributed by atoms with Gasteiger partial charge in [-0.15, -0.1) is 0 Å². The zero-order chi connectivity index (χ0) is 27.9. The van der Waals surface area contributed by atoms with Gasteiger partial charge in [-0.05, 0) is 34.9 Å². The Balaban J connectivity index is 1.87. The van der Waals surface area contributed by atoms with E-state index in [-0.39, 0.29) is 5.41 Å². The molecule has 0 spiro atoms. The van der Waals surface area contributed by atoms with E-state index in [4.69, 9.17) is 11.5 Å². The molecule has 1 heterocycles. The molecular weight excluding hydrogens is 474 g/mol. The first-order chi connectivity index (χ1) is 18.0. The van der Waals surface area contributed by atoms with Crippen molar-refractivity contribution in [1.29, 1.82) is 0 Å². The standard InChI is InChI=1S/C32H43N3O3/c1-5-6-11-28(29(36)31(34)38)35(20-18-26(19-21-35)32(2,3)4)22-24-14-12-23(13-15-24)16-17-25-9-7-8-10-27(25)30(33)37/h7-10,12-17,26,28H,5-6,11,18-22H2,1-4H3,(H3-,33,34,37,38)/p+1/b17-16+. The lowest BCUT2D eigenvalue weighted by molar-refractivity contribution is -0.960. The minimum absolute atomic E-state index is 0.212. The highest BCUT2D eigenvalue weighted by Crippen LogP contribution is 2.39. The Morgan fingerprint density at radius 2 is 1.61 bits per heavy atom. The summed E-state index contributed by atoms with van der Waals surface area (Å²) in [6, 6.07) is 15.2. The fraction of sp³-hybridized carbons (Fsp3) is 0.469. The van der Waals surface area contributed by atoms with E-state index in [2.05, 4.69) is 39.8 Å². The van der Waals surface area contributed by atoms with Crippen molar-refractivity contribution in [2.45, 2.75) is 72.4 Å². The molecule has 38 heavy (non-hydrogen) atoms. The molecule has 1 saturated heterocycles. The van der Waals surface area contributed by atoms with Crippen LogP contribution in [0.4, 0.5) is 0 Å². The maximum Gasteiger partial charge on any atom is 0.291 e. The zero-order valence-electron chi connectivity index (χ0n) is 23.4. The third-order valence-corrected chi connectivity index (χ3v) is 8.27. The van der Waals surface area contributed by atoms with E-state index < -0.39 is 23.6 Å². The molecule has 6 nitrogen and oxygen atoms in total. The summed E-state index contributed by atoms with van der Waals surface area (Å²) in [6.45, 7) is 11.4. The molecule has 6 heteroatoms. The fourth-order valence-electron chi connectivity index (χ4n) is 5.89. The van der Waals surface area contributed by atoms with Crippen LogP contribution < -0.4 is 11.5 Å². The molecule has 3 rings (SSSR count). The molecule has 1 atom stereocenters. The molecule has 0 bridgehead atoms. The number of quaternary nitrogens is 1. The van der Waals surface area contributed by atoms with Gasteiger partial charge in [-0.3, -0.25) is 14.4 Å². The smallest absolute Gasteiger partial charge is 0.291 e. The summed E-state index contributed by atoms with van der Waals surface area (Å²) < 4.78 is 0.593. The Morgan fingerprint density at radius 3 is 2.16 bits per heavy atom. The molecule has 4 N–H and O–H groups in total. The van der Waals surface area contributed by atoms with Crippen LogP contribution in [0.5, 0.6) is 0 Å². The van der Waals surface area contributed by atoms with E-state index in [0.29, 0.717) is 28.9 Å². The van der Waals surface area contributed by atoms with Crippen molar-refractivity contribution >= 4 is 29.7 Å². The second-order valence-electron chi connectivity index (χ2n) is 11.9. The summed E-state index contributed by atoms with van der Waals surface area (Å²) in [5.41, 5.74) is 14.7. The van der Waals surface area contributed by atoms with Gasteiger partial charge in [0.05, 0.1) is 13.1 Å². The summed E-state index contributed by atoms with van der Waals surface area (Å²) in [5.74, 6) is -1.12. The normalized spacial score (nSPS) is 20.8. The Labute approximate surface area is 227 Å². The third kappa shape index (κ3) is 7.19. The van der Waals surface area contributed by atoms with Crippen LogP contribution in [-0.2, 0) is 16.1 Å². The molecule has 0 radical (unpaired) electrons. The quantitative estimate of drug-likeness (QED) is 0.238. The second kappa shape index (κ2) is 12.5. The van der Waals surface area contributed by atoms with Crippen molar-refractivity contribution in [3.05, 3.63) is 70.8 Å². The van der Waals surface area contributed by atoms with Crippen LogP contribution in [0.3, 0.4) is 0 Å². The van der Waals surface area contributed by atoms with Crippen molar-refractivity contribution in [2.24, 2.45) is 22.8 Å². The van der Waals surface area contributed by atoms with Gasteiger partial charge in [-0.2, -0.15) is 0 Å². The molecule has 0 saturated carbocycles. The number of hydrogen-bond acceptors (Lipinski definition) is 3. The van der Waals surface area contributed by atoms with Crippen LogP contribution in [0, 0.1) is 11.3 Å². The molecule has 0 aliphatic carbocycles. The number of Topliss-reactive ketones (excluding diaryl/α,β-unsaturated/α-hetero) is 1. The van der Waals surface area contributed by atoms with Gasteiger partial charge in [-0.25, -0.2) is 0 Å². The van der Waals surface area contributed by atoms with Gasteiger partial charge in [0, 0.05) is 30.4 Å². The highest BCUT2D eigenvalue weighted by atomic mass is 16.2. The predicted octanol–water partition coefficient (Wildman–Crippen LogP) is 5.34. The molecule has 2 aromatic rings. The van der Waals surface area contributed by atoms with Crippen LogP contribution in [0.15, 0.2) is 48.5 Å². The number of ketones is 1. The van der Waals surface area contributed by atoms with E-state index in [1.165, 1.54) is 0 Å². The maximum absolute atomic E-state index is 13.1. The fourth-order valence-corrected chi connectivity index (χ4v) is 5.89. The average Bonchev–Trinajstić information content (AvgIpc) is 2.88. The summed E-state index contributed by atoms with van der Waals surface area (Å²) in [7, 11) is 0. The van der Waals surface area contributed by atoms with Crippen molar-refractivity contribution < 1.29 is 18.9 Å². The maximum atomic E-state index is 13.1. The molecule has 0 aromatic heterocycles. The van der Waals surface area contributed by atoms with Crippen LogP contribution >= 0.6 is 0 Å². The number of nitrogens with two attached hydrogens (primary N) is 2. The topological polar surface area (TPSA) is 103 Å². The first kappa shape index (κ1) is 29.3. The lowest BCUT2D eigenvalue weighted by atomic mass is 9.74. The summed E-state index contributed by atoms with van der Waals surface area (Å²) in [6.07, 6.45) is 8.45. The highest BCUT2D eigenvalue weighted by molar-refractivity contribution is 6.37. The lowest BCUT2D eigenvalue weighted by Crippen LogP contribution is -2.63. The second-order valence-corrected chi connectivity index (χ2v) is 11.9. The SMILES string of the molecule is CCCCC(C(=O)C(N)=O)[N+]1(Cc2ccc(/C=C/c3ccccc3C(N)=O)cc2)CCC(C(C)(C)C)CC1. The van der Waals surface area contributed by atoms with Gasteiger partial charge in [0.1, 0.15) is 6.54 Å². The van der Waals surface area contributed by atoms with Gasteiger partial charge in [0.2, 0.25) is 5.91 Å². The Hall–Kier alpha value is -3.25. The minimum atomic E-state index is -0.821. The predicted molar refractivity (Wildman–Crippen MR) is 154 cm³/mol. The zero-order valence-corrected chi connectivity index (χ0v) is 23.4. The molecule has 1 unspecified atom stereocenters. The Kier molecular flexibility index (Phi) is 9.66. The minimum Gasteiger partial charge on any atom is -0.366 e. The van der Waals surface area contributed by atoms with Crippen molar-refractivity contribution in [3.63, 3.8) is 0 Å². The van der Waals surface area contributed by atoms with Crippen LogP contribution in [0.2, 0.25) is 0 Å². The van der Waals surface area contributed by atoms with E-state index >= 15 is 0 Å². The largest absolute Gasteiger partial charge is 0.366 e. The van der Waals surface area contributed by atoms with E-state index in [1.54, 1.807) is 12.1 Å². The van der Waals surface area contributed by atoms with Gasteiger partial charge in [0.25, 0.3) is 11.7 Å². The van der Waals surface area contributed by atoms with E-state index in [9.17, 15) is 14.4 Å². The average molecular weight is 519 g/mol. The number of unbranched alkanes of at least 4 members (excludes halogenated alkanes) is 1. The molecule has 204 valence electrons. The molecule has 2 amide bonds. The summed E-state index contributed by atoms with van der Waals surface area (Å²) in [5, 5.41) is 0. The monoisotopic (exact) mass is 518 g/mol. The van der Waals surface area contributed by atoms with E-state index in [1.807, 2.05) is 36.4 Å². The number of piperidine rings is 1. The number of carbonyl (C=O) groups excluding carboxylic acids is 3. The van der Waals surface area contributed by atoms with Gasteiger partial charge in [-0.1, -0.05) is 88.7 Å². The number of rotatable bonds is 11.